The zero-order valence-electron chi connectivity index (χ0n) is 11.7. The van der Waals surface area contributed by atoms with Crippen LogP contribution >= 0.6 is 15.9 Å². The van der Waals surface area contributed by atoms with Gasteiger partial charge in [0.15, 0.2) is 0 Å². The highest BCUT2D eigenvalue weighted by atomic mass is 79.9. The third-order valence-corrected chi connectivity index (χ3v) is 4.16. The molecule has 1 heterocycles. The largest absolute Gasteiger partial charge is 0.343 e. The minimum absolute atomic E-state index is 0.229. The van der Waals surface area contributed by atoms with E-state index in [0.29, 0.717) is 4.47 Å². The Morgan fingerprint density at radius 1 is 1.10 bits per heavy atom. The fourth-order valence-electron chi connectivity index (χ4n) is 2.52. The Hall–Kier alpha value is -1.65. The second kappa shape index (κ2) is 6.00. The molecule has 0 radical (unpaired) electrons. The van der Waals surface area contributed by atoms with Gasteiger partial charge < -0.3 is 9.88 Å². The third kappa shape index (κ3) is 3.01. The first-order valence-electron chi connectivity index (χ1n) is 6.83. The van der Waals surface area contributed by atoms with Crippen LogP contribution in [-0.2, 0) is 13.1 Å². The van der Waals surface area contributed by atoms with Gasteiger partial charge in [0, 0.05) is 24.8 Å². The van der Waals surface area contributed by atoms with Gasteiger partial charge in [-0.1, -0.05) is 18.2 Å². The fourth-order valence-corrected chi connectivity index (χ4v) is 2.94. The van der Waals surface area contributed by atoms with Crippen molar-refractivity contribution in [2.75, 3.05) is 7.05 Å². The average Bonchev–Trinajstić information content (AvgIpc) is 2.86. The summed E-state index contributed by atoms with van der Waals surface area (Å²) >= 11 is 3.24. The molecule has 108 valence electrons. The predicted molar refractivity (Wildman–Crippen MR) is 87.9 cm³/mol. The van der Waals surface area contributed by atoms with Crippen LogP contribution in [0.5, 0.6) is 0 Å². The third-order valence-electron chi connectivity index (χ3n) is 3.56. The van der Waals surface area contributed by atoms with E-state index in [4.69, 9.17) is 0 Å². The summed E-state index contributed by atoms with van der Waals surface area (Å²) in [4.78, 5) is 0. The highest BCUT2D eigenvalue weighted by Gasteiger charge is 2.05. The van der Waals surface area contributed by atoms with Crippen LogP contribution in [0.2, 0.25) is 0 Å². The molecule has 21 heavy (non-hydrogen) atoms. The van der Waals surface area contributed by atoms with E-state index >= 15 is 0 Å². The molecule has 2 aromatic carbocycles. The molecule has 0 bridgehead atoms. The van der Waals surface area contributed by atoms with Crippen molar-refractivity contribution in [3.63, 3.8) is 0 Å². The van der Waals surface area contributed by atoms with E-state index in [9.17, 15) is 4.39 Å². The minimum Gasteiger partial charge on any atom is -0.343 e. The smallest absolute Gasteiger partial charge is 0.137 e. The molecule has 0 saturated heterocycles. The number of aromatic nitrogens is 1. The summed E-state index contributed by atoms with van der Waals surface area (Å²) < 4.78 is 16.0. The lowest BCUT2D eigenvalue weighted by atomic mass is 10.1. The monoisotopic (exact) mass is 346 g/mol. The molecule has 0 saturated carbocycles. The van der Waals surface area contributed by atoms with Gasteiger partial charge in [-0.2, -0.15) is 0 Å². The molecular formula is C17H16BrFN2. The van der Waals surface area contributed by atoms with Crippen molar-refractivity contribution in [2.45, 2.75) is 13.1 Å². The Balaban J connectivity index is 1.95. The Morgan fingerprint density at radius 3 is 2.67 bits per heavy atom. The van der Waals surface area contributed by atoms with E-state index in [1.807, 2.05) is 19.2 Å². The number of fused-ring (bicyclic) bond motifs is 1. The number of rotatable bonds is 4. The van der Waals surface area contributed by atoms with Gasteiger partial charge in [-0.15, -0.1) is 0 Å². The van der Waals surface area contributed by atoms with Crippen LogP contribution < -0.4 is 5.32 Å². The van der Waals surface area contributed by atoms with Crippen LogP contribution in [-0.4, -0.2) is 11.6 Å². The first-order valence-corrected chi connectivity index (χ1v) is 7.63. The maximum absolute atomic E-state index is 13.3. The molecule has 1 aromatic heterocycles. The molecule has 0 atom stereocenters. The minimum atomic E-state index is -0.229. The van der Waals surface area contributed by atoms with E-state index in [2.05, 4.69) is 56.3 Å². The van der Waals surface area contributed by atoms with Gasteiger partial charge in [-0.05, 0) is 63.8 Å². The molecule has 0 aliphatic rings. The molecule has 0 amide bonds. The normalized spacial score (nSPS) is 11.2. The summed E-state index contributed by atoms with van der Waals surface area (Å²) in [6.45, 7) is 1.58. The highest BCUT2D eigenvalue weighted by Crippen LogP contribution is 2.21. The summed E-state index contributed by atoms with van der Waals surface area (Å²) in [7, 11) is 1.94. The Labute approximate surface area is 131 Å². The number of benzene rings is 2. The molecule has 0 fully saturated rings. The first kappa shape index (κ1) is 14.3. The zero-order valence-corrected chi connectivity index (χ0v) is 13.3. The van der Waals surface area contributed by atoms with E-state index < -0.39 is 0 Å². The Bertz CT molecular complexity index is 780. The second-order valence-corrected chi connectivity index (χ2v) is 5.97. The summed E-state index contributed by atoms with van der Waals surface area (Å²) in [5.41, 5.74) is 3.52. The Kier molecular flexibility index (Phi) is 4.08. The lowest BCUT2D eigenvalue weighted by molar-refractivity contribution is 0.619. The van der Waals surface area contributed by atoms with Gasteiger partial charge >= 0.3 is 0 Å². The molecule has 2 nitrogen and oxygen atoms in total. The van der Waals surface area contributed by atoms with Crippen molar-refractivity contribution in [1.82, 2.24) is 9.88 Å². The van der Waals surface area contributed by atoms with Gasteiger partial charge in [0.2, 0.25) is 0 Å². The Morgan fingerprint density at radius 2 is 1.90 bits per heavy atom. The van der Waals surface area contributed by atoms with Crippen LogP contribution in [0.4, 0.5) is 4.39 Å². The predicted octanol–water partition coefficient (Wildman–Crippen LogP) is 4.31. The van der Waals surface area contributed by atoms with Gasteiger partial charge in [0.25, 0.3) is 0 Å². The van der Waals surface area contributed by atoms with Crippen molar-refractivity contribution < 1.29 is 4.39 Å². The maximum atomic E-state index is 13.3. The molecule has 0 aliphatic heterocycles. The number of hydrogen-bond donors (Lipinski definition) is 1. The van der Waals surface area contributed by atoms with Crippen molar-refractivity contribution in [3.8, 4) is 0 Å². The van der Waals surface area contributed by atoms with E-state index in [0.717, 1.165) is 18.7 Å². The van der Waals surface area contributed by atoms with Gasteiger partial charge in [-0.25, -0.2) is 4.39 Å². The fraction of sp³-hybridized carbons (Fsp3) is 0.176. The van der Waals surface area contributed by atoms with E-state index in [-0.39, 0.29) is 5.82 Å². The summed E-state index contributed by atoms with van der Waals surface area (Å²) in [5, 5.41) is 4.39. The molecule has 0 aliphatic carbocycles. The van der Waals surface area contributed by atoms with Crippen LogP contribution in [0, 0.1) is 5.82 Å². The van der Waals surface area contributed by atoms with Crippen molar-refractivity contribution in [1.29, 1.82) is 0 Å². The van der Waals surface area contributed by atoms with Crippen LogP contribution in [0.15, 0.2) is 53.1 Å². The van der Waals surface area contributed by atoms with Gasteiger partial charge in [0.1, 0.15) is 5.82 Å². The number of hydrogen-bond acceptors (Lipinski definition) is 1. The van der Waals surface area contributed by atoms with Crippen LogP contribution in [0.25, 0.3) is 10.9 Å². The number of nitrogens with one attached hydrogen (secondary N) is 1. The SMILES string of the molecule is CNCc1ccc2ccn(Cc3ccc(F)c(Br)c3)c2c1. The molecule has 1 N–H and O–H groups in total. The van der Waals surface area contributed by atoms with Crippen molar-refractivity contribution >= 4 is 26.8 Å². The van der Waals surface area contributed by atoms with E-state index in [1.165, 1.54) is 22.5 Å². The molecule has 0 spiro atoms. The van der Waals surface area contributed by atoms with Crippen LogP contribution in [0.1, 0.15) is 11.1 Å². The zero-order chi connectivity index (χ0) is 14.8. The number of halogens is 2. The summed E-state index contributed by atoms with van der Waals surface area (Å²) in [5.74, 6) is -0.229. The summed E-state index contributed by atoms with van der Waals surface area (Å²) in [6, 6.07) is 13.7. The van der Waals surface area contributed by atoms with E-state index in [1.54, 1.807) is 0 Å². The molecule has 3 aromatic rings. The molecule has 4 heteroatoms. The van der Waals surface area contributed by atoms with Gasteiger partial charge in [-0.3, -0.25) is 0 Å². The van der Waals surface area contributed by atoms with Gasteiger partial charge in [0.05, 0.1) is 4.47 Å². The molecule has 0 unspecified atom stereocenters. The molecular weight excluding hydrogens is 331 g/mol. The average molecular weight is 347 g/mol. The first-order chi connectivity index (χ1) is 10.2. The lowest BCUT2D eigenvalue weighted by Crippen LogP contribution is -2.05. The van der Waals surface area contributed by atoms with Crippen molar-refractivity contribution in [3.05, 3.63) is 70.1 Å². The second-order valence-electron chi connectivity index (χ2n) is 5.12. The number of nitrogens with zero attached hydrogens (tertiary/aromatic N) is 1. The maximum Gasteiger partial charge on any atom is 0.137 e. The van der Waals surface area contributed by atoms with Crippen molar-refractivity contribution in [2.24, 2.45) is 0 Å². The standard InChI is InChI=1S/C17H16BrFN2/c1-20-10-12-2-4-14-6-7-21(17(14)9-12)11-13-3-5-16(19)15(18)8-13/h2-9,20H,10-11H2,1H3. The lowest BCUT2D eigenvalue weighted by Gasteiger charge is -2.08. The summed E-state index contributed by atoms with van der Waals surface area (Å²) in [6.07, 6.45) is 2.07. The highest BCUT2D eigenvalue weighted by molar-refractivity contribution is 9.10. The topological polar surface area (TPSA) is 17.0 Å². The quantitative estimate of drug-likeness (QED) is 0.744. The molecule has 3 rings (SSSR count). The van der Waals surface area contributed by atoms with Crippen LogP contribution in [0.3, 0.4) is 0 Å².